The second kappa shape index (κ2) is 4.72. The van der Waals surface area contributed by atoms with E-state index in [1.807, 2.05) is 13.8 Å². The Hall–Kier alpha value is -1.98. The van der Waals surface area contributed by atoms with Crippen molar-refractivity contribution in [3.63, 3.8) is 0 Å². The molecule has 0 saturated carbocycles. The summed E-state index contributed by atoms with van der Waals surface area (Å²) in [6.45, 7) is 4.76. The van der Waals surface area contributed by atoms with Gasteiger partial charge in [0.25, 0.3) is 0 Å². The number of nitrogens with two attached hydrogens (primary N) is 1. The van der Waals surface area contributed by atoms with Gasteiger partial charge in [0.1, 0.15) is 6.33 Å². The number of halogens is 2. The Morgan fingerprint density at radius 2 is 1.94 bits per heavy atom. The molecule has 2 rings (SSSR count). The van der Waals surface area contributed by atoms with Crippen LogP contribution in [0.3, 0.4) is 0 Å². The summed E-state index contributed by atoms with van der Waals surface area (Å²) >= 11 is 0. The maximum Gasteiger partial charge on any atom is 0.165 e. The zero-order valence-corrected chi connectivity index (χ0v) is 10.2. The summed E-state index contributed by atoms with van der Waals surface area (Å²) in [7, 11) is 0. The molecule has 0 bridgehead atoms. The van der Waals surface area contributed by atoms with E-state index < -0.39 is 11.6 Å². The highest BCUT2D eigenvalue weighted by atomic mass is 19.2. The minimum atomic E-state index is -0.967. The Balaban J connectivity index is 2.49. The maximum absolute atomic E-state index is 13.3. The van der Waals surface area contributed by atoms with E-state index in [-0.39, 0.29) is 5.69 Å². The summed E-state index contributed by atoms with van der Waals surface area (Å²) < 4.78 is 28.0. The van der Waals surface area contributed by atoms with Gasteiger partial charge in [0.15, 0.2) is 17.5 Å². The third-order valence-electron chi connectivity index (χ3n) is 2.51. The average molecular weight is 252 g/mol. The number of aromatic nitrogens is 3. The zero-order valence-electron chi connectivity index (χ0n) is 10.2. The number of rotatable bonds is 3. The molecule has 0 radical (unpaired) electrons. The summed E-state index contributed by atoms with van der Waals surface area (Å²) in [6.07, 6.45) is 1.55. The first-order valence-corrected chi connectivity index (χ1v) is 5.61. The molecule has 0 fully saturated rings. The fraction of sp³-hybridized carbons (Fsp3) is 0.333. The van der Waals surface area contributed by atoms with Crippen LogP contribution in [0.1, 0.15) is 13.8 Å². The first kappa shape index (κ1) is 12.5. The molecule has 1 aromatic carbocycles. The maximum atomic E-state index is 13.3. The largest absolute Gasteiger partial charge is 0.398 e. The number of hydrogen-bond donors (Lipinski definition) is 1. The molecular formula is C12H14F2N4. The molecule has 96 valence electrons. The molecule has 0 saturated heterocycles. The summed E-state index contributed by atoms with van der Waals surface area (Å²) in [5.74, 6) is -1.09. The van der Waals surface area contributed by atoms with Gasteiger partial charge in [0, 0.05) is 23.9 Å². The monoisotopic (exact) mass is 252 g/mol. The fourth-order valence-corrected chi connectivity index (χ4v) is 1.75. The van der Waals surface area contributed by atoms with Gasteiger partial charge in [0.2, 0.25) is 0 Å². The van der Waals surface area contributed by atoms with Crippen LogP contribution in [-0.4, -0.2) is 14.8 Å². The van der Waals surface area contributed by atoms with Crippen molar-refractivity contribution in [2.24, 2.45) is 5.92 Å². The minimum absolute atomic E-state index is 0.145. The predicted octanol–water partition coefficient (Wildman–Crippen LogP) is 2.46. The molecule has 0 spiro atoms. The third kappa shape index (κ3) is 2.32. The number of nitrogens with zero attached hydrogens (tertiary/aromatic N) is 3. The van der Waals surface area contributed by atoms with Crippen LogP contribution in [0.25, 0.3) is 11.4 Å². The second-order valence-electron chi connectivity index (χ2n) is 4.55. The minimum Gasteiger partial charge on any atom is -0.398 e. The lowest BCUT2D eigenvalue weighted by Gasteiger charge is -2.10. The van der Waals surface area contributed by atoms with E-state index in [9.17, 15) is 8.78 Å². The van der Waals surface area contributed by atoms with E-state index in [1.54, 1.807) is 10.9 Å². The van der Waals surface area contributed by atoms with Crippen molar-refractivity contribution < 1.29 is 8.78 Å². The van der Waals surface area contributed by atoms with Gasteiger partial charge in [-0.2, -0.15) is 0 Å². The van der Waals surface area contributed by atoms with Crippen molar-refractivity contribution in [2.45, 2.75) is 20.4 Å². The van der Waals surface area contributed by atoms with Crippen LogP contribution in [0.2, 0.25) is 0 Å². The fourth-order valence-electron chi connectivity index (χ4n) is 1.75. The van der Waals surface area contributed by atoms with E-state index >= 15 is 0 Å². The van der Waals surface area contributed by atoms with Crippen LogP contribution in [0.4, 0.5) is 14.5 Å². The molecule has 1 heterocycles. The van der Waals surface area contributed by atoms with Gasteiger partial charge in [0.05, 0.1) is 0 Å². The van der Waals surface area contributed by atoms with E-state index in [1.165, 1.54) is 0 Å². The average Bonchev–Trinajstić information content (AvgIpc) is 2.70. The van der Waals surface area contributed by atoms with Crippen molar-refractivity contribution in [2.75, 3.05) is 5.73 Å². The van der Waals surface area contributed by atoms with E-state index in [4.69, 9.17) is 5.73 Å². The molecule has 0 aliphatic carbocycles. The van der Waals surface area contributed by atoms with Gasteiger partial charge in [-0.25, -0.2) is 8.78 Å². The molecule has 0 unspecified atom stereocenters. The summed E-state index contributed by atoms with van der Waals surface area (Å²) in [5.41, 5.74) is 6.19. The zero-order chi connectivity index (χ0) is 13.3. The first-order chi connectivity index (χ1) is 8.49. The van der Waals surface area contributed by atoms with Crippen molar-refractivity contribution in [1.29, 1.82) is 0 Å². The smallest absolute Gasteiger partial charge is 0.165 e. The normalized spacial score (nSPS) is 11.2. The van der Waals surface area contributed by atoms with E-state index in [0.29, 0.717) is 23.9 Å². The third-order valence-corrected chi connectivity index (χ3v) is 2.51. The van der Waals surface area contributed by atoms with Crippen LogP contribution in [0.15, 0.2) is 18.5 Å². The molecule has 2 N–H and O–H groups in total. The van der Waals surface area contributed by atoms with Gasteiger partial charge in [-0.3, -0.25) is 0 Å². The molecule has 0 amide bonds. The van der Waals surface area contributed by atoms with Crippen molar-refractivity contribution in [3.8, 4) is 11.4 Å². The van der Waals surface area contributed by atoms with Gasteiger partial charge < -0.3 is 10.3 Å². The topological polar surface area (TPSA) is 56.7 Å². The molecule has 2 aromatic rings. The number of anilines is 1. The lowest BCUT2D eigenvalue weighted by atomic mass is 10.1. The Labute approximate surface area is 103 Å². The van der Waals surface area contributed by atoms with Gasteiger partial charge >= 0.3 is 0 Å². The molecule has 18 heavy (non-hydrogen) atoms. The molecule has 4 nitrogen and oxygen atoms in total. The molecule has 0 aliphatic rings. The highest BCUT2D eigenvalue weighted by Gasteiger charge is 2.15. The first-order valence-electron chi connectivity index (χ1n) is 5.61. The summed E-state index contributed by atoms with van der Waals surface area (Å²) in [5, 5.41) is 7.70. The van der Waals surface area contributed by atoms with Crippen LogP contribution in [0, 0.1) is 17.6 Å². The van der Waals surface area contributed by atoms with Gasteiger partial charge in [-0.1, -0.05) is 13.8 Å². The van der Waals surface area contributed by atoms with Crippen molar-refractivity contribution in [3.05, 3.63) is 30.1 Å². The molecule has 6 heteroatoms. The lowest BCUT2D eigenvalue weighted by molar-refractivity contribution is 0.508. The molecule has 1 aromatic heterocycles. The number of nitrogen functional groups attached to an aromatic ring is 1. The van der Waals surface area contributed by atoms with E-state index in [2.05, 4.69) is 10.2 Å². The van der Waals surface area contributed by atoms with Crippen LogP contribution in [-0.2, 0) is 6.54 Å². The molecule has 0 atom stereocenters. The Morgan fingerprint density at radius 3 is 2.61 bits per heavy atom. The number of hydrogen-bond acceptors (Lipinski definition) is 3. The van der Waals surface area contributed by atoms with Crippen LogP contribution < -0.4 is 5.73 Å². The van der Waals surface area contributed by atoms with Crippen molar-refractivity contribution >= 4 is 5.69 Å². The highest BCUT2D eigenvalue weighted by Crippen LogP contribution is 2.26. The number of benzene rings is 1. The quantitative estimate of drug-likeness (QED) is 0.854. The second-order valence-corrected chi connectivity index (χ2v) is 4.55. The Bertz CT molecular complexity index is 563. The van der Waals surface area contributed by atoms with Gasteiger partial charge in [-0.15, -0.1) is 10.2 Å². The standard InChI is InChI=1S/C12H14F2N4/c1-7(2)5-18-6-16-17-12(18)8-3-9(13)10(14)4-11(8)15/h3-4,6-7H,5,15H2,1-2H3. The molecular weight excluding hydrogens is 238 g/mol. The highest BCUT2D eigenvalue weighted by molar-refractivity contribution is 5.71. The molecule has 0 aliphatic heterocycles. The van der Waals surface area contributed by atoms with Crippen molar-refractivity contribution in [1.82, 2.24) is 14.8 Å². The summed E-state index contributed by atoms with van der Waals surface area (Å²) in [6, 6.07) is 2.00. The predicted molar refractivity (Wildman–Crippen MR) is 64.6 cm³/mol. The van der Waals surface area contributed by atoms with E-state index in [0.717, 1.165) is 12.1 Å². The Kier molecular flexibility index (Phi) is 3.27. The Morgan fingerprint density at radius 1 is 1.28 bits per heavy atom. The van der Waals surface area contributed by atoms with Crippen LogP contribution in [0.5, 0.6) is 0 Å². The summed E-state index contributed by atoms with van der Waals surface area (Å²) in [4.78, 5) is 0. The lowest BCUT2D eigenvalue weighted by Crippen LogP contribution is -2.06. The van der Waals surface area contributed by atoms with Crippen LogP contribution >= 0.6 is 0 Å². The van der Waals surface area contributed by atoms with Gasteiger partial charge in [-0.05, 0) is 12.0 Å². The SMILES string of the molecule is CC(C)Cn1cnnc1-c1cc(F)c(F)cc1N.